The maximum atomic E-state index is 12.5. The fraction of sp³-hybridized carbons (Fsp3) is 0.353. The molecule has 0 aliphatic heterocycles. The zero-order chi connectivity index (χ0) is 18.1. The van der Waals surface area contributed by atoms with Gasteiger partial charge in [-0.3, -0.25) is 0 Å². The molecule has 0 bridgehead atoms. The monoisotopic (exact) mass is 363 g/mol. The number of methoxy groups -OCH3 is 1. The average Bonchev–Trinajstić information content (AvgIpc) is 3.08. The number of aromatic nitrogens is 1. The summed E-state index contributed by atoms with van der Waals surface area (Å²) in [6, 6.07) is 8.95. The normalized spacial score (nSPS) is 10.3. The number of hydrogen-bond donors (Lipinski definition) is 1. The number of esters is 1. The first-order valence-corrected chi connectivity index (χ1v) is 8.73. The van der Waals surface area contributed by atoms with Crippen LogP contribution in [0.25, 0.3) is 0 Å². The van der Waals surface area contributed by atoms with E-state index in [4.69, 9.17) is 9.47 Å². The first kappa shape index (κ1) is 18.9. The van der Waals surface area contributed by atoms with Crippen molar-refractivity contribution >= 4 is 29.0 Å². The number of anilines is 1. The van der Waals surface area contributed by atoms with E-state index in [1.165, 1.54) is 11.3 Å². The molecule has 0 fully saturated rings. The molecule has 2 amide bonds. The zero-order valence-corrected chi connectivity index (χ0v) is 15.0. The van der Waals surface area contributed by atoms with Gasteiger partial charge in [0.2, 0.25) is 0 Å². The summed E-state index contributed by atoms with van der Waals surface area (Å²) >= 11 is 1.31. The maximum Gasteiger partial charge on any atom is 0.357 e. The quantitative estimate of drug-likeness (QED) is 0.729. The van der Waals surface area contributed by atoms with E-state index in [0.29, 0.717) is 30.5 Å². The number of ether oxygens (including phenoxy) is 2. The second kappa shape index (κ2) is 9.75. The number of nitrogens with one attached hydrogen (secondary N) is 1. The molecular weight excluding hydrogens is 342 g/mol. The summed E-state index contributed by atoms with van der Waals surface area (Å²) in [6.45, 7) is 3.13. The van der Waals surface area contributed by atoms with Crippen LogP contribution < -0.4 is 5.32 Å². The Balaban J connectivity index is 2.04. The number of amides is 2. The Morgan fingerprint density at radius 1 is 1.28 bits per heavy atom. The second-order valence-corrected chi connectivity index (χ2v) is 6.00. The minimum absolute atomic E-state index is 0.254. The summed E-state index contributed by atoms with van der Waals surface area (Å²) in [4.78, 5) is 30.0. The molecule has 1 aromatic heterocycles. The molecule has 0 spiro atoms. The van der Waals surface area contributed by atoms with E-state index in [-0.39, 0.29) is 18.3 Å². The molecule has 1 N–H and O–H groups in total. The first-order valence-electron chi connectivity index (χ1n) is 7.85. The van der Waals surface area contributed by atoms with Crippen LogP contribution in [0.4, 0.5) is 10.5 Å². The van der Waals surface area contributed by atoms with E-state index in [0.717, 1.165) is 0 Å². The zero-order valence-electron chi connectivity index (χ0n) is 14.2. The molecule has 0 saturated heterocycles. The lowest BCUT2D eigenvalue weighted by Crippen LogP contribution is -2.36. The summed E-state index contributed by atoms with van der Waals surface area (Å²) in [5.41, 5.74) is 0.971. The number of benzene rings is 1. The largest absolute Gasteiger partial charge is 0.461 e. The van der Waals surface area contributed by atoms with E-state index in [1.807, 2.05) is 30.3 Å². The third-order valence-corrected chi connectivity index (χ3v) is 4.07. The van der Waals surface area contributed by atoms with Crippen LogP contribution in [-0.4, -0.2) is 48.8 Å². The lowest BCUT2D eigenvalue weighted by atomic mass is 10.3. The van der Waals surface area contributed by atoms with Crippen LogP contribution in [0.3, 0.4) is 0 Å². The molecule has 0 unspecified atom stereocenters. The number of thiazole rings is 1. The van der Waals surface area contributed by atoms with Crippen LogP contribution in [0.15, 0.2) is 35.7 Å². The molecule has 0 atom stereocenters. The number of hydrogen-bond acceptors (Lipinski definition) is 6. The number of carbonyl (C=O) groups excluding carboxylic acids is 2. The van der Waals surface area contributed by atoms with Gasteiger partial charge in [0.1, 0.15) is 5.01 Å². The Hall–Kier alpha value is -2.45. The number of nitrogens with zero attached hydrogens (tertiary/aromatic N) is 2. The standard InChI is InChI=1S/C17H21N3O4S/c1-3-24-16(21)14-12-25-15(19-14)11-20(9-10-23-2)17(22)18-13-7-5-4-6-8-13/h4-8,12H,3,9-11H2,1-2H3,(H,18,22). The van der Waals surface area contributed by atoms with Gasteiger partial charge in [-0.25, -0.2) is 14.6 Å². The Morgan fingerprint density at radius 2 is 2.04 bits per heavy atom. The number of para-hydroxylation sites is 1. The van der Waals surface area contributed by atoms with Crippen LogP contribution in [0.2, 0.25) is 0 Å². The number of carbonyl (C=O) groups is 2. The van der Waals surface area contributed by atoms with Crippen LogP contribution in [0.5, 0.6) is 0 Å². The topological polar surface area (TPSA) is 80.8 Å². The summed E-state index contributed by atoms with van der Waals surface area (Å²) in [7, 11) is 1.58. The predicted molar refractivity (Wildman–Crippen MR) is 95.8 cm³/mol. The van der Waals surface area contributed by atoms with E-state index < -0.39 is 5.97 Å². The van der Waals surface area contributed by atoms with Crippen LogP contribution >= 0.6 is 11.3 Å². The Labute approximate surface area is 150 Å². The third kappa shape index (κ3) is 5.84. The minimum atomic E-state index is -0.456. The van der Waals surface area contributed by atoms with Crippen molar-refractivity contribution in [1.82, 2.24) is 9.88 Å². The van der Waals surface area contributed by atoms with E-state index in [9.17, 15) is 9.59 Å². The average molecular weight is 363 g/mol. The van der Waals surface area contributed by atoms with Crippen molar-refractivity contribution in [3.05, 3.63) is 46.4 Å². The van der Waals surface area contributed by atoms with Gasteiger partial charge >= 0.3 is 12.0 Å². The molecule has 2 rings (SSSR count). The summed E-state index contributed by atoms with van der Waals surface area (Å²) < 4.78 is 10.0. The van der Waals surface area contributed by atoms with Crippen LogP contribution in [0.1, 0.15) is 22.4 Å². The van der Waals surface area contributed by atoms with Gasteiger partial charge in [0.05, 0.1) is 19.8 Å². The van der Waals surface area contributed by atoms with E-state index in [2.05, 4.69) is 10.3 Å². The van der Waals surface area contributed by atoms with Crippen LogP contribution in [0, 0.1) is 0 Å². The minimum Gasteiger partial charge on any atom is -0.461 e. The summed E-state index contributed by atoms with van der Waals surface area (Å²) in [5, 5.41) is 5.13. The fourth-order valence-corrected chi connectivity index (χ4v) is 2.80. The van der Waals surface area contributed by atoms with Gasteiger partial charge in [-0.2, -0.15) is 0 Å². The Morgan fingerprint density at radius 3 is 2.72 bits per heavy atom. The highest BCUT2D eigenvalue weighted by atomic mass is 32.1. The van der Waals surface area contributed by atoms with Gasteiger partial charge in [-0.1, -0.05) is 18.2 Å². The first-order chi connectivity index (χ1) is 12.1. The van der Waals surface area contributed by atoms with Gasteiger partial charge in [0, 0.05) is 24.7 Å². The van der Waals surface area contributed by atoms with Crippen molar-refractivity contribution in [3.8, 4) is 0 Å². The second-order valence-electron chi connectivity index (χ2n) is 5.06. The molecule has 0 aliphatic rings. The van der Waals surface area contributed by atoms with Crippen LogP contribution in [-0.2, 0) is 16.0 Å². The molecule has 1 heterocycles. The number of urea groups is 1. The van der Waals surface area contributed by atoms with Crippen molar-refractivity contribution < 1.29 is 19.1 Å². The summed E-state index contributed by atoms with van der Waals surface area (Å²) in [5.74, 6) is -0.456. The van der Waals surface area contributed by atoms with Gasteiger partial charge in [-0.15, -0.1) is 11.3 Å². The molecule has 1 aromatic carbocycles. The maximum absolute atomic E-state index is 12.5. The van der Waals surface area contributed by atoms with Gasteiger partial charge < -0.3 is 19.7 Å². The molecule has 8 heteroatoms. The molecule has 2 aromatic rings. The van der Waals surface area contributed by atoms with Crippen molar-refractivity contribution in [3.63, 3.8) is 0 Å². The molecule has 134 valence electrons. The SMILES string of the molecule is CCOC(=O)c1csc(CN(CCOC)C(=O)Nc2ccccc2)n1. The van der Waals surface area contributed by atoms with Crippen molar-refractivity contribution in [1.29, 1.82) is 0 Å². The highest BCUT2D eigenvalue weighted by Gasteiger charge is 2.18. The molecule has 7 nitrogen and oxygen atoms in total. The highest BCUT2D eigenvalue weighted by molar-refractivity contribution is 7.09. The Bertz CT molecular complexity index is 690. The highest BCUT2D eigenvalue weighted by Crippen LogP contribution is 2.15. The molecular formula is C17H21N3O4S. The van der Waals surface area contributed by atoms with Crippen molar-refractivity contribution in [2.24, 2.45) is 0 Å². The lowest BCUT2D eigenvalue weighted by molar-refractivity contribution is 0.0520. The lowest BCUT2D eigenvalue weighted by Gasteiger charge is -2.21. The fourth-order valence-electron chi connectivity index (χ4n) is 2.02. The van der Waals surface area contributed by atoms with Gasteiger partial charge in [0.15, 0.2) is 5.69 Å². The number of rotatable bonds is 8. The third-order valence-electron chi connectivity index (χ3n) is 3.24. The molecule has 0 radical (unpaired) electrons. The van der Waals surface area contributed by atoms with E-state index >= 15 is 0 Å². The summed E-state index contributed by atoms with van der Waals surface area (Å²) in [6.07, 6.45) is 0. The van der Waals surface area contributed by atoms with Gasteiger partial charge in [-0.05, 0) is 19.1 Å². The van der Waals surface area contributed by atoms with E-state index in [1.54, 1.807) is 24.3 Å². The smallest absolute Gasteiger partial charge is 0.357 e. The van der Waals surface area contributed by atoms with Gasteiger partial charge in [0.25, 0.3) is 0 Å². The van der Waals surface area contributed by atoms with Crippen molar-refractivity contribution in [2.45, 2.75) is 13.5 Å². The Kier molecular flexibility index (Phi) is 7.36. The molecule has 25 heavy (non-hydrogen) atoms. The molecule has 0 saturated carbocycles. The predicted octanol–water partition coefficient (Wildman–Crippen LogP) is 3.00. The van der Waals surface area contributed by atoms with Crippen molar-refractivity contribution in [2.75, 3.05) is 32.2 Å². The molecule has 0 aliphatic carbocycles.